The number of halogens is 1. The fraction of sp³-hybridized carbons (Fsp3) is 0.429. The first-order valence-electron chi connectivity index (χ1n) is 9.58. The highest BCUT2D eigenvalue weighted by Crippen LogP contribution is 2.31. The number of aromatic nitrogens is 1. The number of nitrogens with one attached hydrogen (secondary N) is 2. The van der Waals surface area contributed by atoms with Gasteiger partial charge in [0, 0.05) is 37.8 Å². The summed E-state index contributed by atoms with van der Waals surface area (Å²) in [4.78, 5) is 8.66. The van der Waals surface area contributed by atoms with Crippen molar-refractivity contribution in [3.05, 3.63) is 53.7 Å². The Bertz CT molecular complexity index is 810. The topological polar surface area (TPSA) is 67.8 Å². The minimum absolute atomic E-state index is 0. The van der Waals surface area contributed by atoms with Crippen LogP contribution in [0, 0.1) is 5.92 Å². The van der Waals surface area contributed by atoms with Crippen LogP contribution in [-0.2, 0) is 6.54 Å². The summed E-state index contributed by atoms with van der Waals surface area (Å²) in [7, 11) is 1.79. The second-order valence-corrected chi connectivity index (χ2v) is 7.05. The molecule has 1 saturated carbocycles. The zero-order valence-electron chi connectivity index (χ0n) is 16.1. The van der Waals surface area contributed by atoms with E-state index >= 15 is 0 Å². The van der Waals surface area contributed by atoms with Gasteiger partial charge in [0.2, 0.25) is 5.88 Å². The van der Waals surface area contributed by atoms with Crippen LogP contribution in [0.3, 0.4) is 0 Å². The van der Waals surface area contributed by atoms with Crippen LogP contribution < -0.4 is 20.1 Å². The maximum Gasteiger partial charge on any atom is 0.213 e. The van der Waals surface area contributed by atoms with E-state index < -0.39 is 0 Å². The molecule has 28 heavy (non-hydrogen) atoms. The first kappa shape index (κ1) is 20.7. The van der Waals surface area contributed by atoms with Crippen molar-refractivity contribution in [2.75, 3.05) is 20.3 Å². The quantitative estimate of drug-likeness (QED) is 0.365. The van der Waals surface area contributed by atoms with Gasteiger partial charge in [0.25, 0.3) is 0 Å². The molecule has 1 aromatic carbocycles. The summed E-state index contributed by atoms with van der Waals surface area (Å²) in [5, 5.41) is 6.89. The third-order valence-corrected chi connectivity index (χ3v) is 4.92. The molecule has 0 spiro atoms. The summed E-state index contributed by atoms with van der Waals surface area (Å²) >= 11 is 0. The van der Waals surface area contributed by atoms with Crippen molar-refractivity contribution in [1.82, 2.24) is 15.6 Å². The number of nitrogens with zero attached hydrogens (tertiary/aromatic N) is 2. The van der Waals surface area contributed by atoms with E-state index in [-0.39, 0.29) is 30.0 Å². The van der Waals surface area contributed by atoms with E-state index in [1.54, 1.807) is 13.2 Å². The van der Waals surface area contributed by atoms with E-state index in [0.717, 1.165) is 36.2 Å². The third kappa shape index (κ3) is 5.50. The van der Waals surface area contributed by atoms with Crippen LogP contribution in [-0.4, -0.2) is 31.2 Å². The number of hydrogen-bond acceptors (Lipinski definition) is 4. The molecule has 0 saturated heterocycles. The lowest BCUT2D eigenvalue weighted by atomic mass is 10.0. The Balaban J connectivity index is 0.00000225. The molecular weight excluding hydrogens is 467 g/mol. The van der Waals surface area contributed by atoms with Gasteiger partial charge in [-0.2, -0.15) is 0 Å². The van der Waals surface area contributed by atoms with Gasteiger partial charge in [0.1, 0.15) is 5.75 Å². The standard InChI is InChI=1S/C21H26N4O2.HI/c1-22-21(25-18-9-11-26-19-5-3-2-4-17(18)19)24-13-16-8-10-23-20(12-16)27-14-15-6-7-15;/h2-5,8,10,12,15,18H,6-7,9,11,13-14H2,1H3,(H2,22,24,25);1H. The predicted molar refractivity (Wildman–Crippen MR) is 121 cm³/mol. The molecule has 1 aliphatic heterocycles. The number of aliphatic imine (C=N–C) groups is 1. The van der Waals surface area contributed by atoms with Crippen molar-refractivity contribution in [1.29, 1.82) is 0 Å². The van der Waals surface area contributed by atoms with Crippen molar-refractivity contribution in [3.63, 3.8) is 0 Å². The van der Waals surface area contributed by atoms with E-state index in [4.69, 9.17) is 9.47 Å². The molecule has 0 amide bonds. The second kappa shape index (κ2) is 9.95. The molecule has 0 radical (unpaired) electrons. The Kier molecular flexibility index (Phi) is 7.36. The molecule has 2 aliphatic rings. The fourth-order valence-corrected chi connectivity index (χ4v) is 3.16. The Hall–Kier alpha value is -2.03. The molecular formula is C21H27IN4O2. The number of rotatable bonds is 6. The molecule has 7 heteroatoms. The largest absolute Gasteiger partial charge is 0.493 e. The molecule has 0 bridgehead atoms. The second-order valence-electron chi connectivity index (χ2n) is 7.05. The van der Waals surface area contributed by atoms with Crippen molar-refractivity contribution >= 4 is 29.9 Å². The van der Waals surface area contributed by atoms with Gasteiger partial charge >= 0.3 is 0 Å². The van der Waals surface area contributed by atoms with Gasteiger partial charge in [0.05, 0.1) is 19.3 Å². The van der Waals surface area contributed by atoms with Crippen LogP contribution in [0.25, 0.3) is 0 Å². The Morgan fingerprint density at radius 3 is 2.93 bits per heavy atom. The molecule has 2 N–H and O–H groups in total. The van der Waals surface area contributed by atoms with E-state index in [9.17, 15) is 0 Å². The van der Waals surface area contributed by atoms with E-state index in [2.05, 4.69) is 26.7 Å². The van der Waals surface area contributed by atoms with Gasteiger partial charge < -0.3 is 20.1 Å². The highest BCUT2D eigenvalue weighted by Gasteiger charge is 2.23. The van der Waals surface area contributed by atoms with Gasteiger partial charge in [-0.1, -0.05) is 18.2 Å². The number of benzene rings is 1. The zero-order chi connectivity index (χ0) is 18.5. The van der Waals surface area contributed by atoms with Gasteiger partial charge in [0.15, 0.2) is 5.96 Å². The number of para-hydroxylation sites is 1. The minimum atomic E-state index is 0. The average molecular weight is 494 g/mol. The number of guanidine groups is 1. The average Bonchev–Trinajstić information content (AvgIpc) is 3.54. The predicted octanol–water partition coefficient (Wildman–Crippen LogP) is 3.68. The number of fused-ring (bicyclic) bond motifs is 1. The smallest absolute Gasteiger partial charge is 0.213 e. The number of ether oxygens (including phenoxy) is 2. The molecule has 2 heterocycles. The number of pyridine rings is 1. The molecule has 1 aliphatic carbocycles. The molecule has 2 aromatic rings. The fourth-order valence-electron chi connectivity index (χ4n) is 3.16. The van der Waals surface area contributed by atoms with Gasteiger partial charge in [-0.3, -0.25) is 4.99 Å². The van der Waals surface area contributed by atoms with Gasteiger partial charge in [-0.05, 0) is 36.5 Å². The molecule has 1 atom stereocenters. The molecule has 1 fully saturated rings. The van der Waals surface area contributed by atoms with Crippen LogP contribution in [0.15, 0.2) is 47.6 Å². The highest BCUT2D eigenvalue weighted by molar-refractivity contribution is 14.0. The maximum absolute atomic E-state index is 5.77. The van der Waals surface area contributed by atoms with Crippen molar-refractivity contribution < 1.29 is 9.47 Å². The lowest BCUT2D eigenvalue weighted by Gasteiger charge is -2.28. The van der Waals surface area contributed by atoms with Gasteiger partial charge in [-0.15, -0.1) is 24.0 Å². The monoisotopic (exact) mass is 494 g/mol. The molecule has 6 nitrogen and oxygen atoms in total. The van der Waals surface area contributed by atoms with Crippen LogP contribution >= 0.6 is 24.0 Å². The van der Waals surface area contributed by atoms with Crippen LogP contribution in [0.4, 0.5) is 0 Å². The SMILES string of the molecule is CN=C(NCc1ccnc(OCC2CC2)c1)NC1CCOc2ccccc21.I. The summed E-state index contributed by atoms with van der Waals surface area (Å²) in [5.41, 5.74) is 2.29. The van der Waals surface area contributed by atoms with Crippen LogP contribution in [0.1, 0.15) is 36.4 Å². The normalized spacial score (nSPS) is 18.3. The van der Waals surface area contributed by atoms with E-state index in [1.165, 1.54) is 18.4 Å². The summed E-state index contributed by atoms with van der Waals surface area (Å²) in [6, 6.07) is 12.3. The van der Waals surface area contributed by atoms with Crippen molar-refractivity contribution in [3.8, 4) is 11.6 Å². The van der Waals surface area contributed by atoms with Crippen molar-refractivity contribution in [2.24, 2.45) is 10.9 Å². The first-order chi connectivity index (χ1) is 13.3. The lowest BCUT2D eigenvalue weighted by Crippen LogP contribution is -2.40. The molecule has 1 aromatic heterocycles. The van der Waals surface area contributed by atoms with Crippen LogP contribution in [0.2, 0.25) is 0 Å². The Morgan fingerprint density at radius 1 is 1.25 bits per heavy atom. The lowest BCUT2D eigenvalue weighted by molar-refractivity contribution is 0.261. The summed E-state index contributed by atoms with van der Waals surface area (Å²) in [5.74, 6) is 3.14. The number of hydrogen-bond donors (Lipinski definition) is 2. The van der Waals surface area contributed by atoms with E-state index in [1.807, 2.05) is 30.3 Å². The highest BCUT2D eigenvalue weighted by atomic mass is 127. The van der Waals surface area contributed by atoms with Gasteiger partial charge in [-0.25, -0.2) is 4.98 Å². The first-order valence-corrected chi connectivity index (χ1v) is 9.58. The molecule has 4 rings (SSSR count). The van der Waals surface area contributed by atoms with Crippen molar-refractivity contribution in [2.45, 2.75) is 31.8 Å². The molecule has 150 valence electrons. The summed E-state index contributed by atoms with van der Waals surface area (Å²) in [6.45, 7) is 2.14. The Morgan fingerprint density at radius 2 is 2.11 bits per heavy atom. The van der Waals surface area contributed by atoms with E-state index in [0.29, 0.717) is 19.0 Å². The molecule has 1 unspecified atom stereocenters. The van der Waals surface area contributed by atoms with Crippen LogP contribution in [0.5, 0.6) is 11.6 Å². The third-order valence-electron chi connectivity index (χ3n) is 4.92. The maximum atomic E-state index is 5.77. The zero-order valence-corrected chi connectivity index (χ0v) is 18.4. The summed E-state index contributed by atoms with van der Waals surface area (Å²) in [6.07, 6.45) is 5.26. The Labute approximate surface area is 183 Å². The minimum Gasteiger partial charge on any atom is -0.493 e. The summed E-state index contributed by atoms with van der Waals surface area (Å²) < 4.78 is 11.5.